The Kier molecular flexibility index (Phi) is 4.88. The molecule has 4 nitrogen and oxygen atoms in total. The Hall–Kier alpha value is -2.77. The first-order chi connectivity index (χ1) is 13.8. The Labute approximate surface area is 174 Å². The third-order valence-electron chi connectivity index (χ3n) is 7.02. The van der Waals surface area contributed by atoms with Crippen molar-refractivity contribution in [3.8, 4) is 6.07 Å². The predicted molar refractivity (Wildman–Crippen MR) is 119 cm³/mol. The van der Waals surface area contributed by atoms with E-state index in [1.165, 1.54) is 16.7 Å². The molecule has 2 aliphatic rings. The zero-order valence-corrected chi connectivity index (χ0v) is 17.9. The molecule has 4 rings (SSSR count). The maximum atomic E-state index is 9.01. The molecule has 0 radical (unpaired) electrons. The summed E-state index contributed by atoms with van der Waals surface area (Å²) in [6.07, 6.45) is 2.20. The van der Waals surface area contributed by atoms with E-state index in [1.54, 1.807) is 0 Å². The summed E-state index contributed by atoms with van der Waals surface area (Å²) in [6, 6.07) is 17.5. The van der Waals surface area contributed by atoms with E-state index in [-0.39, 0.29) is 5.41 Å². The van der Waals surface area contributed by atoms with Crippen LogP contribution in [0.5, 0.6) is 0 Å². The molecule has 2 aromatic carbocycles. The number of piperidine rings is 1. The van der Waals surface area contributed by atoms with Crippen LogP contribution in [0.25, 0.3) is 0 Å². The van der Waals surface area contributed by atoms with E-state index in [1.807, 2.05) is 24.3 Å². The lowest BCUT2D eigenvalue weighted by atomic mass is 9.61. The lowest BCUT2D eigenvalue weighted by Gasteiger charge is -2.58. The molecule has 0 spiro atoms. The van der Waals surface area contributed by atoms with Crippen LogP contribution in [-0.2, 0) is 11.8 Å². The molecule has 2 bridgehead atoms. The number of nitrogens with one attached hydrogen (secondary N) is 1. The molecule has 1 aliphatic carbocycles. The van der Waals surface area contributed by atoms with Gasteiger partial charge in [0.25, 0.3) is 0 Å². The smallest absolute Gasteiger partial charge is 0.0991 e. The molecule has 1 heterocycles. The third-order valence-corrected chi connectivity index (χ3v) is 7.02. The number of fused-ring (bicyclic) bond motifs is 4. The SMILES string of the molecule is C=C(Nc1ccc(C#N)cc1)N(C)C1C2Cc3ccc(C)cc3[C@@]1(C)CCN2C. The fraction of sp³-hybridized carbons (Fsp3) is 0.400. The van der Waals surface area contributed by atoms with Crippen LogP contribution < -0.4 is 5.32 Å². The van der Waals surface area contributed by atoms with Crippen LogP contribution in [0.2, 0.25) is 0 Å². The van der Waals surface area contributed by atoms with Gasteiger partial charge in [-0.25, -0.2) is 0 Å². The van der Waals surface area contributed by atoms with Gasteiger partial charge in [-0.05, 0) is 68.8 Å². The highest BCUT2D eigenvalue weighted by atomic mass is 15.3. The molecule has 2 aromatic rings. The summed E-state index contributed by atoms with van der Waals surface area (Å²) in [6.45, 7) is 10.1. The number of hydrogen-bond donors (Lipinski definition) is 1. The fourth-order valence-corrected chi connectivity index (χ4v) is 5.31. The summed E-state index contributed by atoms with van der Waals surface area (Å²) >= 11 is 0. The number of hydrogen-bond acceptors (Lipinski definition) is 4. The molecular formula is C25H30N4. The Morgan fingerprint density at radius 3 is 2.69 bits per heavy atom. The van der Waals surface area contributed by atoms with Gasteiger partial charge in [0, 0.05) is 24.2 Å². The number of aryl methyl sites for hydroxylation is 1. The van der Waals surface area contributed by atoms with Crippen molar-refractivity contribution >= 4 is 5.69 Å². The van der Waals surface area contributed by atoms with E-state index in [2.05, 4.69) is 73.9 Å². The van der Waals surface area contributed by atoms with Gasteiger partial charge in [-0.2, -0.15) is 5.26 Å². The molecule has 4 heteroatoms. The molecule has 1 aliphatic heterocycles. The summed E-state index contributed by atoms with van der Waals surface area (Å²) in [5, 5.41) is 12.5. The monoisotopic (exact) mass is 386 g/mol. The van der Waals surface area contributed by atoms with Crippen molar-refractivity contribution in [2.45, 2.75) is 44.2 Å². The van der Waals surface area contributed by atoms with Crippen molar-refractivity contribution in [1.29, 1.82) is 5.26 Å². The van der Waals surface area contributed by atoms with Crippen LogP contribution >= 0.6 is 0 Å². The molecule has 0 saturated carbocycles. The fourth-order valence-electron chi connectivity index (χ4n) is 5.31. The Morgan fingerprint density at radius 2 is 2.00 bits per heavy atom. The van der Waals surface area contributed by atoms with Crippen LogP contribution in [0.15, 0.2) is 54.9 Å². The topological polar surface area (TPSA) is 42.3 Å². The first-order valence-corrected chi connectivity index (χ1v) is 10.3. The Morgan fingerprint density at radius 1 is 1.28 bits per heavy atom. The van der Waals surface area contributed by atoms with Crippen LogP contribution in [0, 0.1) is 18.3 Å². The maximum Gasteiger partial charge on any atom is 0.0991 e. The molecular weight excluding hydrogens is 356 g/mol. The summed E-state index contributed by atoms with van der Waals surface area (Å²) in [5.74, 6) is 0.891. The van der Waals surface area contributed by atoms with Crippen LogP contribution in [0.4, 0.5) is 5.69 Å². The minimum atomic E-state index is 0.0841. The first-order valence-electron chi connectivity index (χ1n) is 10.3. The third kappa shape index (κ3) is 3.30. The van der Waals surface area contributed by atoms with Crippen molar-refractivity contribution < 1.29 is 0 Å². The van der Waals surface area contributed by atoms with Crippen molar-refractivity contribution in [3.63, 3.8) is 0 Å². The normalized spacial score (nSPS) is 25.6. The quantitative estimate of drug-likeness (QED) is 0.852. The zero-order chi connectivity index (χ0) is 20.8. The average molecular weight is 387 g/mol. The van der Waals surface area contributed by atoms with Crippen molar-refractivity contribution in [1.82, 2.24) is 9.80 Å². The largest absolute Gasteiger partial charge is 0.356 e. The summed E-state index contributed by atoms with van der Waals surface area (Å²) in [5.41, 5.74) is 6.03. The highest BCUT2D eigenvalue weighted by molar-refractivity contribution is 5.51. The van der Waals surface area contributed by atoms with E-state index in [4.69, 9.17) is 5.26 Å². The van der Waals surface area contributed by atoms with Crippen LogP contribution in [0.3, 0.4) is 0 Å². The second-order valence-corrected chi connectivity index (χ2v) is 8.90. The number of anilines is 1. The van der Waals surface area contributed by atoms with E-state index in [0.29, 0.717) is 17.6 Å². The van der Waals surface area contributed by atoms with Gasteiger partial charge in [0.1, 0.15) is 0 Å². The molecule has 0 aromatic heterocycles. The van der Waals surface area contributed by atoms with Gasteiger partial charge in [0.15, 0.2) is 0 Å². The number of benzene rings is 2. The Bertz CT molecular complexity index is 971. The maximum absolute atomic E-state index is 9.01. The van der Waals surface area contributed by atoms with E-state index in [0.717, 1.165) is 30.9 Å². The highest BCUT2D eigenvalue weighted by Gasteiger charge is 2.51. The summed E-state index contributed by atoms with van der Waals surface area (Å²) in [7, 11) is 4.41. The highest BCUT2D eigenvalue weighted by Crippen LogP contribution is 2.47. The second-order valence-electron chi connectivity index (χ2n) is 8.90. The van der Waals surface area contributed by atoms with Crippen molar-refractivity contribution in [3.05, 3.63) is 77.1 Å². The predicted octanol–water partition coefficient (Wildman–Crippen LogP) is 4.27. The van der Waals surface area contributed by atoms with Gasteiger partial charge in [0.2, 0.25) is 0 Å². The van der Waals surface area contributed by atoms with Gasteiger partial charge < -0.3 is 15.1 Å². The molecule has 29 heavy (non-hydrogen) atoms. The van der Waals surface area contributed by atoms with Gasteiger partial charge >= 0.3 is 0 Å². The molecule has 1 saturated heterocycles. The average Bonchev–Trinajstić information content (AvgIpc) is 2.71. The van der Waals surface area contributed by atoms with Crippen molar-refractivity contribution in [2.75, 3.05) is 26.0 Å². The number of likely N-dealkylation sites (N-methyl/N-ethyl adjacent to an activating group) is 2. The number of likely N-dealkylation sites (tertiary alicyclic amines) is 1. The van der Waals surface area contributed by atoms with Gasteiger partial charge in [-0.1, -0.05) is 37.3 Å². The molecule has 1 fully saturated rings. The lowest BCUT2D eigenvalue weighted by Crippen LogP contribution is -2.66. The van der Waals surface area contributed by atoms with E-state index < -0.39 is 0 Å². The van der Waals surface area contributed by atoms with Crippen LogP contribution in [0.1, 0.15) is 35.6 Å². The van der Waals surface area contributed by atoms with Gasteiger partial charge in [0.05, 0.1) is 23.5 Å². The van der Waals surface area contributed by atoms with Crippen molar-refractivity contribution in [2.24, 2.45) is 0 Å². The van der Waals surface area contributed by atoms with Crippen LogP contribution in [-0.4, -0.2) is 42.5 Å². The standard InChI is InChI=1S/C25H30N4/c1-17-6-9-20-15-23-24(25(3,22(20)14-17)12-13-28(23)4)29(5)18(2)27-21-10-7-19(16-26)8-11-21/h6-11,14,23-24,27H,2,12-13,15H2,1,3-5H3/t23?,24?,25-/m1/s1. The Balaban J connectivity index is 1.65. The molecule has 3 atom stereocenters. The zero-order valence-electron chi connectivity index (χ0n) is 17.9. The lowest BCUT2D eigenvalue weighted by molar-refractivity contribution is 0.0178. The summed E-state index contributed by atoms with van der Waals surface area (Å²) < 4.78 is 0. The van der Waals surface area contributed by atoms with Gasteiger partial charge in [-0.3, -0.25) is 0 Å². The number of rotatable bonds is 4. The number of nitrogens with zero attached hydrogens (tertiary/aromatic N) is 3. The number of nitriles is 1. The van der Waals surface area contributed by atoms with E-state index in [9.17, 15) is 0 Å². The molecule has 1 N–H and O–H groups in total. The summed E-state index contributed by atoms with van der Waals surface area (Å²) in [4.78, 5) is 4.85. The minimum Gasteiger partial charge on any atom is -0.356 e. The van der Waals surface area contributed by atoms with Gasteiger partial charge in [-0.15, -0.1) is 0 Å². The molecule has 0 amide bonds. The minimum absolute atomic E-state index is 0.0841. The van der Waals surface area contributed by atoms with E-state index >= 15 is 0 Å². The first kappa shape index (κ1) is 19.5. The molecule has 150 valence electrons. The molecule has 2 unspecified atom stereocenters. The second kappa shape index (κ2) is 7.24.